The minimum Gasteiger partial charge on any atom is -0.454 e. The zero-order valence-corrected chi connectivity index (χ0v) is 21.8. The molecular weight excluding hydrogens is 490 g/mol. The number of furan rings is 2. The summed E-state index contributed by atoms with van der Waals surface area (Å²) in [6.07, 6.45) is 4.87. The van der Waals surface area contributed by atoms with Crippen molar-refractivity contribution in [1.29, 1.82) is 0 Å². The number of nitrogens with zero attached hydrogens (tertiary/aromatic N) is 1. The van der Waals surface area contributed by atoms with Crippen LogP contribution in [0.3, 0.4) is 0 Å². The van der Waals surface area contributed by atoms with Crippen LogP contribution in [0.4, 0.5) is 11.4 Å². The molecule has 5 aromatic carbocycles. The summed E-state index contributed by atoms with van der Waals surface area (Å²) in [7, 11) is 0. The van der Waals surface area contributed by atoms with E-state index in [0.29, 0.717) is 0 Å². The van der Waals surface area contributed by atoms with Gasteiger partial charge in [0.1, 0.15) is 11.2 Å². The molecule has 1 aliphatic carbocycles. The average Bonchev–Trinajstić information content (AvgIpc) is 3.73. The van der Waals surface area contributed by atoms with Gasteiger partial charge in [-0.15, -0.1) is 0 Å². The van der Waals surface area contributed by atoms with Crippen molar-refractivity contribution in [1.82, 2.24) is 0 Å². The third-order valence-corrected chi connectivity index (χ3v) is 9.22. The number of para-hydroxylation sites is 2. The molecule has 2 aliphatic heterocycles. The van der Waals surface area contributed by atoms with E-state index < -0.39 is 0 Å². The van der Waals surface area contributed by atoms with Crippen molar-refractivity contribution in [3.8, 4) is 0 Å². The molecule has 0 radical (unpaired) electrons. The Kier molecular flexibility index (Phi) is 3.72. The molecule has 0 bridgehead atoms. The molecule has 0 fully saturated rings. The number of hydrogen-bond donors (Lipinski definition) is 0. The quantitative estimate of drug-likeness (QED) is 0.219. The Balaban J connectivity index is 1.34. The molecule has 3 aliphatic rings. The molecule has 2 atom stereocenters. The first-order valence-electron chi connectivity index (χ1n) is 13.9. The molecule has 3 heteroatoms. The topological polar surface area (TPSA) is 29.5 Å². The standard InChI is InChI=1S/C37H23NO2/c1-20-10-12-21(13-11-20)22-18-29-25-14-16-27-23-6-2-4-8-31(23)39-36(27)34(25)38-33(29)30(19-22)26-15-17-28-24-7-3-5-9-32(24)40-37(28)35(26)38/h2-19,29,33H,1H3. The van der Waals surface area contributed by atoms with E-state index in [4.69, 9.17) is 8.83 Å². The number of anilines is 2. The van der Waals surface area contributed by atoms with Crippen LogP contribution in [-0.4, -0.2) is 6.04 Å². The first-order chi connectivity index (χ1) is 19.7. The van der Waals surface area contributed by atoms with Gasteiger partial charge in [0.15, 0.2) is 11.2 Å². The SMILES string of the molecule is Cc1ccc(C2=CC3c4ccc5c(oc6ccccc65)c4N4c5c(ccc6c5oc5ccccc56)C(=C2)C34)cc1. The van der Waals surface area contributed by atoms with Crippen LogP contribution in [0.5, 0.6) is 0 Å². The molecule has 2 aromatic heterocycles. The Labute approximate surface area is 230 Å². The van der Waals surface area contributed by atoms with Crippen LogP contribution < -0.4 is 4.90 Å². The van der Waals surface area contributed by atoms with Crippen molar-refractivity contribution < 1.29 is 8.83 Å². The summed E-state index contributed by atoms with van der Waals surface area (Å²) in [5, 5.41) is 4.62. The van der Waals surface area contributed by atoms with Crippen LogP contribution in [0.15, 0.2) is 118 Å². The van der Waals surface area contributed by atoms with Gasteiger partial charge >= 0.3 is 0 Å². The Bertz CT molecular complexity index is 2290. The van der Waals surface area contributed by atoms with E-state index >= 15 is 0 Å². The largest absolute Gasteiger partial charge is 0.454 e. The number of aryl methyl sites for hydroxylation is 1. The summed E-state index contributed by atoms with van der Waals surface area (Å²) in [4.78, 5) is 2.53. The van der Waals surface area contributed by atoms with E-state index in [9.17, 15) is 0 Å². The molecule has 4 heterocycles. The molecule has 2 unspecified atom stereocenters. The maximum Gasteiger partial charge on any atom is 0.159 e. The first kappa shape index (κ1) is 20.9. The monoisotopic (exact) mass is 513 g/mol. The number of fused-ring (bicyclic) bond motifs is 14. The van der Waals surface area contributed by atoms with Crippen molar-refractivity contribution in [3.63, 3.8) is 0 Å². The van der Waals surface area contributed by atoms with Crippen LogP contribution in [0.25, 0.3) is 55.0 Å². The summed E-state index contributed by atoms with van der Waals surface area (Å²) in [6, 6.07) is 34.9. The van der Waals surface area contributed by atoms with Gasteiger partial charge < -0.3 is 13.7 Å². The Hall–Kier alpha value is -5.02. The van der Waals surface area contributed by atoms with Crippen LogP contribution in [0, 0.1) is 6.92 Å². The molecule has 0 amide bonds. The zero-order chi connectivity index (χ0) is 26.1. The number of rotatable bonds is 1. The lowest BCUT2D eigenvalue weighted by molar-refractivity contribution is 0.664. The maximum absolute atomic E-state index is 6.65. The van der Waals surface area contributed by atoms with Gasteiger partial charge in [0.05, 0.1) is 17.4 Å². The van der Waals surface area contributed by atoms with Gasteiger partial charge in [-0.05, 0) is 53.5 Å². The summed E-state index contributed by atoms with van der Waals surface area (Å²) in [5.41, 5.74) is 13.8. The molecule has 0 saturated carbocycles. The fourth-order valence-electron chi connectivity index (χ4n) is 7.45. The second-order valence-corrected chi connectivity index (χ2v) is 11.3. The molecule has 188 valence electrons. The molecule has 40 heavy (non-hydrogen) atoms. The molecule has 0 N–H and O–H groups in total. The third kappa shape index (κ3) is 2.46. The highest BCUT2D eigenvalue weighted by Crippen LogP contribution is 2.62. The first-order valence-corrected chi connectivity index (χ1v) is 13.9. The smallest absolute Gasteiger partial charge is 0.159 e. The van der Waals surface area contributed by atoms with Crippen LogP contribution in [-0.2, 0) is 0 Å². The fraction of sp³-hybridized carbons (Fsp3) is 0.0811. The van der Waals surface area contributed by atoms with Gasteiger partial charge in [0.25, 0.3) is 0 Å². The van der Waals surface area contributed by atoms with Crippen LogP contribution in [0.2, 0.25) is 0 Å². The summed E-state index contributed by atoms with van der Waals surface area (Å²) in [6.45, 7) is 2.14. The summed E-state index contributed by atoms with van der Waals surface area (Å²) in [5.74, 6) is 0.204. The van der Waals surface area contributed by atoms with E-state index in [-0.39, 0.29) is 12.0 Å². The summed E-state index contributed by atoms with van der Waals surface area (Å²) >= 11 is 0. The third-order valence-electron chi connectivity index (χ3n) is 9.22. The molecule has 3 nitrogen and oxygen atoms in total. The second kappa shape index (κ2) is 7.13. The molecule has 7 aromatic rings. The Morgan fingerprint density at radius 1 is 0.625 bits per heavy atom. The van der Waals surface area contributed by atoms with Gasteiger partial charge in [0, 0.05) is 33.0 Å². The normalized spacial score (nSPS) is 18.9. The van der Waals surface area contributed by atoms with Gasteiger partial charge in [-0.2, -0.15) is 0 Å². The average molecular weight is 514 g/mol. The van der Waals surface area contributed by atoms with Gasteiger partial charge in [-0.25, -0.2) is 0 Å². The van der Waals surface area contributed by atoms with Crippen molar-refractivity contribution >= 4 is 66.4 Å². The predicted molar refractivity (Wildman–Crippen MR) is 163 cm³/mol. The van der Waals surface area contributed by atoms with E-state index in [0.717, 1.165) is 49.6 Å². The minimum absolute atomic E-state index is 0.164. The molecule has 0 saturated heterocycles. The highest BCUT2D eigenvalue weighted by Gasteiger charge is 2.50. The lowest BCUT2D eigenvalue weighted by Crippen LogP contribution is -2.26. The van der Waals surface area contributed by atoms with Crippen molar-refractivity contribution in [2.24, 2.45) is 0 Å². The van der Waals surface area contributed by atoms with Gasteiger partial charge in [-0.3, -0.25) is 0 Å². The van der Waals surface area contributed by atoms with Crippen LogP contribution >= 0.6 is 0 Å². The van der Waals surface area contributed by atoms with Crippen molar-refractivity contribution in [3.05, 3.63) is 131 Å². The highest BCUT2D eigenvalue weighted by atomic mass is 16.3. The minimum atomic E-state index is 0.164. The maximum atomic E-state index is 6.65. The van der Waals surface area contributed by atoms with E-state index in [1.807, 2.05) is 12.1 Å². The Morgan fingerprint density at radius 2 is 1.27 bits per heavy atom. The number of benzene rings is 5. The Morgan fingerprint density at radius 3 is 2.00 bits per heavy atom. The summed E-state index contributed by atoms with van der Waals surface area (Å²) < 4.78 is 13.3. The highest BCUT2D eigenvalue weighted by molar-refractivity contribution is 6.19. The van der Waals surface area contributed by atoms with Gasteiger partial charge in [-0.1, -0.05) is 90.5 Å². The van der Waals surface area contributed by atoms with Gasteiger partial charge in [0.2, 0.25) is 0 Å². The van der Waals surface area contributed by atoms with Crippen LogP contribution in [0.1, 0.15) is 28.2 Å². The van der Waals surface area contributed by atoms with E-state index in [1.165, 1.54) is 39.1 Å². The van der Waals surface area contributed by atoms with E-state index in [1.54, 1.807) is 0 Å². The number of hydrogen-bond acceptors (Lipinski definition) is 3. The number of allylic oxidation sites excluding steroid dienone is 2. The molecule has 10 rings (SSSR count). The lowest BCUT2D eigenvalue weighted by atomic mass is 9.80. The van der Waals surface area contributed by atoms with Crippen molar-refractivity contribution in [2.45, 2.75) is 18.9 Å². The second-order valence-electron chi connectivity index (χ2n) is 11.3. The molecule has 0 spiro atoms. The van der Waals surface area contributed by atoms with E-state index in [2.05, 4.69) is 109 Å². The lowest BCUT2D eigenvalue weighted by Gasteiger charge is -2.26. The van der Waals surface area contributed by atoms with Crippen molar-refractivity contribution in [2.75, 3.05) is 4.90 Å². The zero-order valence-electron chi connectivity index (χ0n) is 21.8. The fourth-order valence-corrected chi connectivity index (χ4v) is 7.45. The molecular formula is C37H23NO2. The predicted octanol–water partition coefficient (Wildman–Crippen LogP) is 9.89.